The molecule has 0 bridgehead atoms. The summed E-state index contributed by atoms with van der Waals surface area (Å²) >= 11 is 0. The van der Waals surface area contributed by atoms with Gasteiger partial charge in [0.15, 0.2) is 0 Å². The lowest BCUT2D eigenvalue weighted by atomic mass is 9.62. The van der Waals surface area contributed by atoms with Gasteiger partial charge in [0.2, 0.25) is 0 Å². The van der Waals surface area contributed by atoms with E-state index in [1.54, 1.807) is 0 Å². The van der Waals surface area contributed by atoms with E-state index in [1.165, 1.54) is 0 Å². The van der Waals surface area contributed by atoms with Gasteiger partial charge in [0.1, 0.15) is 0 Å². The van der Waals surface area contributed by atoms with E-state index in [1.807, 2.05) is 27.8 Å². The van der Waals surface area contributed by atoms with Crippen molar-refractivity contribution >= 4 is 9.46 Å². The summed E-state index contributed by atoms with van der Waals surface area (Å²) in [5, 5.41) is -0.858. The van der Waals surface area contributed by atoms with Crippen LogP contribution in [0.2, 0.25) is 5.04 Å². The van der Waals surface area contributed by atoms with Crippen LogP contribution in [0.1, 0.15) is 48.0 Å². The molecule has 1 heterocycles. The lowest BCUT2D eigenvalue weighted by Crippen LogP contribution is -2.62. The molecule has 1 radical (unpaired) electrons. The van der Waals surface area contributed by atoms with E-state index >= 15 is 0 Å². The fraction of sp³-hybridized carbons (Fsp3) is 1.00. The Kier molecular flexibility index (Phi) is 3.82. The van der Waals surface area contributed by atoms with Crippen LogP contribution in [0.15, 0.2) is 0 Å². The fourth-order valence-electron chi connectivity index (χ4n) is 3.38. The molecule has 0 amide bonds. The third-order valence-corrected chi connectivity index (χ3v) is 6.86. The van der Waals surface area contributed by atoms with Gasteiger partial charge in [-0.1, -0.05) is 27.7 Å². The van der Waals surface area contributed by atoms with Gasteiger partial charge in [0.05, 0.1) is 0 Å². The largest absolute Gasteiger partial charge is 0.485 e. The predicted molar refractivity (Wildman–Crippen MR) is 70.6 cm³/mol. The first kappa shape index (κ1) is 15.1. The second kappa shape index (κ2) is 4.30. The molecule has 0 spiro atoms. The van der Waals surface area contributed by atoms with Crippen LogP contribution >= 0.6 is 0 Å². The highest BCUT2D eigenvalue weighted by molar-refractivity contribution is 6.47. The number of halogens is 2. The second-order valence-corrected chi connectivity index (χ2v) is 8.71. The Hall–Kier alpha value is 0.0369. The molecule has 4 heteroatoms. The molecule has 1 saturated heterocycles. The predicted octanol–water partition coefficient (Wildman–Crippen LogP) is 3.95. The number of rotatable bonds is 1. The first-order chi connectivity index (χ1) is 7.45. The Morgan fingerprint density at radius 1 is 1.18 bits per heavy atom. The normalized spacial score (nSPS) is 35.3. The first-order valence-electron chi connectivity index (χ1n) is 6.35. The van der Waals surface area contributed by atoms with Crippen molar-refractivity contribution in [3.63, 3.8) is 0 Å². The van der Waals surface area contributed by atoms with E-state index in [9.17, 15) is 8.22 Å². The van der Waals surface area contributed by atoms with Gasteiger partial charge in [-0.05, 0) is 45.2 Å². The summed E-state index contributed by atoms with van der Waals surface area (Å²) in [6.45, 7) is 13.0. The average Bonchev–Trinajstić information content (AvgIpc) is 2.12. The molecule has 0 aromatic heterocycles. The molecule has 0 N–H and O–H groups in total. The van der Waals surface area contributed by atoms with Crippen molar-refractivity contribution in [3.8, 4) is 0 Å². The zero-order valence-electron chi connectivity index (χ0n) is 12.2. The highest BCUT2D eigenvalue weighted by Gasteiger charge is 2.62. The van der Waals surface area contributed by atoms with E-state index < -0.39 is 20.0 Å². The molecule has 0 saturated carbocycles. The SMILES string of the molecule is CN1CCC(C(C)(C)C)C(C)([Si](F)F)C1(C)C. The quantitative estimate of drug-likeness (QED) is 0.511. The van der Waals surface area contributed by atoms with Crippen molar-refractivity contribution in [1.29, 1.82) is 0 Å². The summed E-state index contributed by atoms with van der Waals surface area (Å²) in [4.78, 5) is 2.11. The van der Waals surface area contributed by atoms with E-state index in [-0.39, 0.29) is 11.3 Å². The van der Waals surface area contributed by atoms with Crippen LogP contribution in [-0.2, 0) is 0 Å². The summed E-state index contributed by atoms with van der Waals surface area (Å²) in [6.07, 6.45) is 0.877. The van der Waals surface area contributed by atoms with Gasteiger partial charge in [0, 0.05) is 10.6 Å². The number of piperidine rings is 1. The number of hydrogen-bond donors (Lipinski definition) is 0. The third kappa shape index (κ3) is 2.18. The number of likely N-dealkylation sites (tertiary alicyclic amines) is 1. The molecule has 1 aliphatic heterocycles. The molecule has 101 valence electrons. The summed E-state index contributed by atoms with van der Waals surface area (Å²) in [5.41, 5.74) is -0.484. The van der Waals surface area contributed by atoms with Gasteiger partial charge in [-0.3, -0.25) is 8.22 Å². The average molecular weight is 262 g/mol. The molecule has 2 atom stereocenters. The minimum absolute atomic E-state index is 0.0542. The summed E-state index contributed by atoms with van der Waals surface area (Å²) in [6, 6.07) is 0. The molecule has 0 aromatic rings. The Balaban J connectivity index is 3.26. The van der Waals surface area contributed by atoms with E-state index in [2.05, 4.69) is 25.7 Å². The summed E-state index contributed by atoms with van der Waals surface area (Å²) in [7, 11) is -1.37. The molecule has 2 unspecified atom stereocenters. The van der Waals surface area contributed by atoms with Gasteiger partial charge >= 0.3 is 9.46 Å². The third-order valence-electron chi connectivity index (χ3n) is 5.11. The van der Waals surface area contributed by atoms with Crippen molar-refractivity contribution < 1.29 is 8.22 Å². The highest BCUT2D eigenvalue weighted by atomic mass is 28.4. The Morgan fingerprint density at radius 3 is 2.00 bits per heavy atom. The molecule has 17 heavy (non-hydrogen) atoms. The Bertz CT molecular complexity index is 286. The number of hydrogen-bond acceptors (Lipinski definition) is 1. The van der Waals surface area contributed by atoms with Crippen molar-refractivity contribution in [2.75, 3.05) is 13.6 Å². The lowest BCUT2D eigenvalue weighted by molar-refractivity contribution is -0.0260. The van der Waals surface area contributed by atoms with Crippen LogP contribution in [0.4, 0.5) is 8.22 Å². The molecule has 1 nitrogen and oxygen atoms in total. The van der Waals surface area contributed by atoms with Crippen LogP contribution in [0.25, 0.3) is 0 Å². The summed E-state index contributed by atoms with van der Waals surface area (Å²) in [5.74, 6) is 0.0880. The van der Waals surface area contributed by atoms with Gasteiger partial charge in [-0.15, -0.1) is 0 Å². The second-order valence-electron chi connectivity index (χ2n) is 7.15. The van der Waals surface area contributed by atoms with Crippen LogP contribution in [-0.4, -0.2) is 33.5 Å². The van der Waals surface area contributed by atoms with Crippen LogP contribution < -0.4 is 0 Å². The molecule has 0 aliphatic carbocycles. The molecule has 1 aliphatic rings. The Labute approximate surface area is 107 Å². The topological polar surface area (TPSA) is 3.24 Å². The van der Waals surface area contributed by atoms with Gasteiger partial charge in [-0.25, -0.2) is 0 Å². The molecular weight excluding hydrogens is 236 g/mol. The lowest BCUT2D eigenvalue weighted by Gasteiger charge is -2.59. The maximum absolute atomic E-state index is 13.8. The van der Waals surface area contributed by atoms with Crippen molar-refractivity contribution in [3.05, 3.63) is 0 Å². The van der Waals surface area contributed by atoms with Crippen molar-refractivity contribution in [2.24, 2.45) is 11.3 Å². The molecule has 1 fully saturated rings. The fourth-order valence-corrected chi connectivity index (χ4v) is 4.87. The zero-order chi connectivity index (χ0) is 13.6. The van der Waals surface area contributed by atoms with E-state index in [0.717, 1.165) is 13.0 Å². The van der Waals surface area contributed by atoms with E-state index in [4.69, 9.17) is 0 Å². The smallest absolute Gasteiger partial charge is 0.301 e. The minimum atomic E-state index is -3.35. The first-order valence-corrected chi connectivity index (χ1v) is 7.61. The standard InChI is InChI=1S/C13H26F2NSi/c1-11(2,3)10-8-9-16(7)12(4,5)13(10,6)17(14)15/h10H,8-9H2,1-7H3. The summed E-state index contributed by atoms with van der Waals surface area (Å²) < 4.78 is 27.7. The van der Waals surface area contributed by atoms with E-state index in [0.29, 0.717) is 0 Å². The molecule has 1 rings (SSSR count). The number of nitrogens with zero attached hydrogens (tertiary/aromatic N) is 1. The van der Waals surface area contributed by atoms with Crippen LogP contribution in [0, 0.1) is 11.3 Å². The van der Waals surface area contributed by atoms with Gasteiger partial charge in [-0.2, -0.15) is 0 Å². The maximum Gasteiger partial charge on any atom is 0.485 e. The monoisotopic (exact) mass is 262 g/mol. The molecule has 0 aromatic carbocycles. The highest BCUT2D eigenvalue weighted by Crippen LogP contribution is 2.60. The van der Waals surface area contributed by atoms with Crippen molar-refractivity contribution in [2.45, 2.75) is 58.5 Å². The Morgan fingerprint density at radius 2 is 1.65 bits per heavy atom. The van der Waals surface area contributed by atoms with Gasteiger partial charge < -0.3 is 4.90 Å². The molecular formula is C13H26F2NSi. The van der Waals surface area contributed by atoms with Crippen LogP contribution in [0.3, 0.4) is 0 Å². The maximum atomic E-state index is 13.8. The van der Waals surface area contributed by atoms with Crippen molar-refractivity contribution in [1.82, 2.24) is 4.90 Å². The zero-order valence-corrected chi connectivity index (χ0v) is 13.2. The van der Waals surface area contributed by atoms with Crippen LogP contribution in [0.5, 0.6) is 0 Å². The van der Waals surface area contributed by atoms with Gasteiger partial charge in [0.25, 0.3) is 0 Å². The minimum Gasteiger partial charge on any atom is -0.301 e.